The maximum absolute atomic E-state index is 8.48. The average Bonchev–Trinajstić information content (AvgIpc) is 2.19. The molecule has 0 aliphatic carbocycles. The molecule has 13 heavy (non-hydrogen) atoms. The number of aliphatic imine (C=N–C) groups is 2. The summed E-state index contributed by atoms with van der Waals surface area (Å²) in [5.41, 5.74) is 0.728. The van der Waals surface area contributed by atoms with Crippen LogP contribution in [0.25, 0.3) is 0 Å². The van der Waals surface area contributed by atoms with Crippen molar-refractivity contribution in [3.05, 3.63) is 0 Å². The number of aliphatic hydroxyl groups is 1. The Morgan fingerprint density at radius 3 is 3.15 bits per heavy atom. The molecule has 1 heterocycles. The Bertz CT molecular complexity index is 223. The number of nitrogens with zero attached hydrogens (tertiary/aromatic N) is 3. The lowest BCUT2D eigenvalue weighted by Gasteiger charge is -2.01. The third-order valence-corrected chi connectivity index (χ3v) is 1.45. The predicted molar refractivity (Wildman–Crippen MR) is 51.6 cm³/mol. The molecular formula is C8H13N3O2. The zero-order valence-electron chi connectivity index (χ0n) is 7.39. The highest BCUT2D eigenvalue weighted by Gasteiger charge is 1.97. The van der Waals surface area contributed by atoms with Crippen molar-refractivity contribution in [2.45, 2.75) is 12.8 Å². The van der Waals surface area contributed by atoms with Crippen molar-refractivity contribution >= 4 is 18.3 Å². The summed E-state index contributed by atoms with van der Waals surface area (Å²) in [7, 11) is 0. The maximum atomic E-state index is 8.48. The lowest BCUT2D eigenvalue weighted by Crippen LogP contribution is -2.09. The van der Waals surface area contributed by atoms with Crippen molar-refractivity contribution in [2.24, 2.45) is 15.1 Å². The Labute approximate surface area is 76.8 Å². The van der Waals surface area contributed by atoms with Gasteiger partial charge in [-0.2, -0.15) is 0 Å². The summed E-state index contributed by atoms with van der Waals surface area (Å²) >= 11 is 0. The van der Waals surface area contributed by atoms with Crippen LogP contribution in [0, 0.1) is 0 Å². The molecule has 1 N–H and O–H groups in total. The minimum absolute atomic E-state index is 0.200. The smallest absolute Gasteiger partial charge is 0.119 e. The largest absolute Gasteiger partial charge is 0.396 e. The second-order valence-corrected chi connectivity index (χ2v) is 2.58. The van der Waals surface area contributed by atoms with Crippen molar-refractivity contribution in [2.75, 3.05) is 19.8 Å². The van der Waals surface area contributed by atoms with Crippen molar-refractivity contribution in [1.82, 2.24) is 0 Å². The number of aliphatic hydroxyl groups excluding tert-OH is 1. The fraction of sp³-hybridized carbons (Fsp3) is 0.625. The Morgan fingerprint density at radius 2 is 2.46 bits per heavy atom. The SMILES string of the molecule is OCCCCON=C1C=NC=NC1. The molecule has 5 heteroatoms. The molecule has 0 radical (unpaired) electrons. The summed E-state index contributed by atoms with van der Waals surface area (Å²) in [4.78, 5) is 12.7. The third kappa shape index (κ3) is 4.37. The molecule has 0 aromatic carbocycles. The Hall–Kier alpha value is -1.23. The van der Waals surface area contributed by atoms with E-state index >= 15 is 0 Å². The van der Waals surface area contributed by atoms with Gasteiger partial charge < -0.3 is 9.94 Å². The first-order valence-electron chi connectivity index (χ1n) is 4.24. The molecule has 1 aliphatic heterocycles. The number of unbranched alkanes of at least 4 members (excludes halogenated alkanes) is 1. The highest BCUT2D eigenvalue weighted by Crippen LogP contribution is 1.91. The van der Waals surface area contributed by atoms with Gasteiger partial charge in [0.15, 0.2) is 0 Å². The molecule has 0 atom stereocenters. The summed E-state index contributed by atoms with van der Waals surface area (Å²) in [5.74, 6) is 0. The van der Waals surface area contributed by atoms with Crippen LogP contribution in [0.5, 0.6) is 0 Å². The summed E-state index contributed by atoms with van der Waals surface area (Å²) < 4.78 is 0. The summed E-state index contributed by atoms with van der Waals surface area (Å²) in [6.07, 6.45) is 4.68. The highest BCUT2D eigenvalue weighted by molar-refractivity contribution is 6.33. The first-order chi connectivity index (χ1) is 6.43. The molecule has 1 aliphatic rings. The molecule has 0 aromatic rings. The van der Waals surface area contributed by atoms with Gasteiger partial charge in [0, 0.05) is 6.61 Å². The van der Waals surface area contributed by atoms with Crippen LogP contribution in [0.3, 0.4) is 0 Å². The fourth-order valence-electron chi connectivity index (χ4n) is 0.801. The van der Waals surface area contributed by atoms with E-state index in [4.69, 9.17) is 9.94 Å². The van der Waals surface area contributed by atoms with Gasteiger partial charge in [-0.25, -0.2) is 4.99 Å². The van der Waals surface area contributed by atoms with Gasteiger partial charge in [-0.15, -0.1) is 0 Å². The second-order valence-electron chi connectivity index (χ2n) is 2.58. The molecule has 1 rings (SSSR count). The number of rotatable bonds is 5. The van der Waals surface area contributed by atoms with Gasteiger partial charge in [0.2, 0.25) is 0 Å². The van der Waals surface area contributed by atoms with E-state index in [0.29, 0.717) is 13.2 Å². The van der Waals surface area contributed by atoms with Gasteiger partial charge in [-0.1, -0.05) is 5.16 Å². The van der Waals surface area contributed by atoms with Crippen molar-refractivity contribution in [1.29, 1.82) is 0 Å². The van der Waals surface area contributed by atoms with Crippen LogP contribution >= 0.6 is 0 Å². The zero-order chi connectivity index (χ0) is 9.36. The van der Waals surface area contributed by atoms with E-state index in [-0.39, 0.29) is 6.61 Å². The van der Waals surface area contributed by atoms with Crippen molar-refractivity contribution in [3.8, 4) is 0 Å². The zero-order valence-corrected chi connectivity index (χ0v) is 7.39. The van der Waals surface area contributed by atoms with Crippen LogP contribution in [0.2, 0.25) is 0 Å². The normalized spacial score (nSPS) is 18.1. The molecular weight excluding hydrogens is 170 g/mol. The van der Waals surface area contributed by atoms with E-state index in [1.807, 2.05) is 0 Å². The fourth-order valence-corrected chi connectivity index (χ4v) is 0.801. The number of hydrogen-bond acceptors (Lipinski definition) is 5. The van der Waals surface area contributed by atoms with Crippen LogP contribution in [-0.4, -0.2) is 43.1 Å². The van der Waals surface area contributed by atoms with Crippen LogP contribution in [0.1, 0.15) is 12.8 Å². The van der Waals surface area contributed by atoms with Gasteiger partial charge in [0.1, 0.15) is 18.7 Å². The Morgan fingerprint density at radius 1 is 1.54 bits per heavy atom. The van der Waals surface area contributed by atoms with Gasteiger partial charge in [0.05, 0.1) is 12.8 Å². The van der Waals surface area contributed by atoms with E-state index in [0.717, 1.165) is 18.6 Å². The molecule has 72 valence electrons. The summed E-state index contributed by atoms with van der Waals surface area (Å²) in [6.45, 7) is 1.26. The predicted octanol–water partition coefficient (Wildman–Crippen LogP) is 0.244. The molecule has 0 spiro atoms. The molecule has 0 saturated heterocycles. The summed E-state index contributed by atoms with van der Waals surface area (Å²) in [6, 6.07) is 0. The first-order valence-corrected chi connectivity index (χ1v) is 4.24. The molecule has 0 bridgehead atoms. The third-order valence-electron chi connectivity index (χ3n) is 1.45. The Balaban J connectivity index is 2.10. The molecule has 0 fully saturated rings. The van der Waals surface area contributed by atoms with E-state index in [9.17, 15) is 0 Å². The maximum Gasteiger partial charge on any atom is 0.119 e. The van der Waals surface area contributed by atoms with E-state index in [2.05, 4.69) is 15.1 Å². The van der Waals surface area contributed by atoms with Gasteiger partial charge in [-0.3, -0.25) is 4.99 Å². The van der Waals surface area contributed by atoms with Crippen molar-refractivity contribution < 1.29 is 9.94 Å². The molecule has 0 amide bonds. The van der Waals surface area contributed by atoms with E-state index in [1.54, 1.807) is 6.21 Å². The van der Waals surface area contributed by atoms with E-state index < -0.39 is 0 Å². The lowest BCUT2D eigenvalue weighted by molar-refractivity contribution is 0.134. The Kier molecular flexibility index (Phi) is 4.78. The lowest BCUT2D eigenvalue weighted by atomic mass is 10.3. The van der Waals surface area contributed by atoms with Gasteiger partial charge in [-0.05, 0) is 12.8 Å². The molecule has 0 unspecified atom stereocenters. The quantitative estimate of drug-likeness (QED) is 0.490. The molecule has 0 saturated carbocycles. The van der Waals surface area contributed by atoms with Gasteiger partial charge in [0.25, 0.3) is 0 Å². The average molecular weight is 183 g/mol. The molecule has 5 nitrogen and oxygen atoms in total. The summed E-state index contributed by atoms with van der Waals surface area (Å²) in [5, 5.41) is 12.3. The first kappa shape index (κ1) is 9.85. The van der Waals surface area contributed by atoms with Crippen molar-refractivity contribution in [3.63, 3.8) is 0 Å². The van der Waals surface area contributed by atoms with Crippen LogP contribution in [-0.2, 0) is 4.84 Å². The minimum Gasteiger partial charge on any atom is -0.396 e. The minimum atomic E-state index is 0.200. The van der Waals surface area contributed by atoms with E-state index in [1.165, 1.54) is 6.34 Å². The van der Waals surface area contributed by atoms with Gasteiger partial charge >= 0.3 is 0 Å². The monoisotopic (exact) mass is 183 g/mol. The standard InChI is InChI=1S/C8H13N3O2/c12-3-1-2-4-13-11-8-5-9-7-10-6-8/h5,7,12H,1-4,6H2. The molecule has 0 aromatic heterocycles. The number of hydrogen-bond donors (Lipinski definition) is 1. The van der Waals surface area contributed by atoms with Crippen LogP contribution in [0.15, 0.2) is 15.1 Å². The number of oxime groups is 1. The second kappa shape index (κ2) is 6.30. The highest BCUT2D eigenvalue weighted by atomic mass is 16.6. The van der Waals surface area contributed by atoms with Crippen LogP contribution in [0.4, 0.5) is 0 Å². The topological polar surface area (TPSA) is 66.5 Å². The van der Waals surface area contributed by atoms with Crippen LogP contribution < -0.4 is 0 Å².